The van der Waals surface area contributed by atoms with Gasteiger partial charge in [-0.25, -0.2) is 13.8 Å². The molecule has 1 aromatic carbocycles. The van der Waals surface area contributed by atoms with Crippen LogP contribution in [0.4, 0.5) is 14.6 Å². The van der Waals surface area contributed by atoms with Crippen molar-refractivity contribution in [2.75, 3.05) is 5.32 Å². The molecule has 0 spiro atoms. The van der Waals surface area contributed by atoms with Crippen molar-refractivity contribution in [1.82, 2.24) is 14.5 Å². The highest BCUT2D eigenvalue weighted by Gasteiger charge is 2.14. The minimum absolute atomic E-state index is 0.0412. The van der Waals surface area contributed by atoms with Crippen molar-refractivity contribution in [3.63, 3.8) is 0 Å². The lowest BCUT2D eigenvalue weighted by Crippen LogP contribution is -2.27. The summed E-state index contributed by atoms with van der Waals surface area (Å²) in [5.74, 6) is -0.991. The summed E-state index contributed by atoms with van der Waals surface area (Å²) in [5, 5.41) is 2.81. The number of hydrogen-bond donors (Lipinski definition) is 1. The molecule has 7 heteroatoms. The molecule has 0 amide bonds. The molecule has 0 aliphatic heterocycles. The molecule has 24 heavy (non-hydrogen) atoms. The van der Waals surface area contributed by atoms with E-state index in [1.807, 2.05) is 13.8 Å². The van der Waals surface area contributed by atoms with Crippen molar-refractivity contribution in [3.8, 4) is 0 Å². The van der Waals surface area contributed by atoms with Gasteiger partial charge in [0.05, 0.1) is 17.2 Å². The van der Waals surface area contributed by atoms with Gasteiger partial charge < -0.3 is 5.32 Å². The number of nitrogens with zero attached hydrogens (tertiary/aromatic N) is 3. The van der Waals surface area contributed by atoms with Crippen LogP contribution < -0.4 is 10.9 Å². The van der Waals surface area contributed by atoms with E-state index in [1.54, 1.807) is 23.0 Å². The van der Waals surface area contributed by atoms with Crippen molar-refractivity contribution in [2.24, 2.45) is 0 Å². The Morgan fingerprint density at radius 2 is 2.04 bits per heavy atom. The second kappa shape index (κ2) is 6.35. The molecule has 0 saturated carbocycles. The van der Waals surface area contributed by atoms with Gasteiger partial charge in [-0.2, -0.15) is 0 Å². The van der Waals surface area contributed by atoms with Gasteiger partial charge in [0.1, 0.15) is 11.6 Å². The Hall–Kier alpha value is -2.83. The number of anilines is 1. The van der Waals surface area contributed by atoms with E-state index in [2.05, 4.69) is 15.3 Å². The summed E-state index contributed by atoms with van der Waals surface area (Å²) < 4.78 is 28.5. The Bertz CT molecular complexity index is 953. The second-order valence-electron chi connectivity index (χ2n) is 5.68. The molecule has 5 nitrogen and oxygen atoms in total. The van der Waals surface area contributed by atoms with Gasteiger partial charge in [-0.1, -0.05) is 0 Å². The molecular formula is C17H16F2N4O. The number of halogens is 2. The van der Waals surface area contributed by atoms with Crippen molar-refractivity contribution in [2.45, 2.75) is 26.4 Å². The molecule has 0 radical (unpaired) electrons. The summed E-state index contributed by atoms with van der Waals surface area (Å²) in [4.78, 5) is 21.0. The predicted molar refractivity (Wildman–Crippen MR) is 87.9 cm³/mol. The lowest BCUT2D eigenvalue weighted by atomic mass is 10.2. The summed E-state index contributed by atoms with van der Waals surface area (Å²) in [6, 6.07) is 4.79. The maximum atomic E-state index is 13.7. The molecule has 0 bridgehead atoms. The van der Waals surface area contributed by atoms with Crippen LogP contribution in [0.5, 0.6) is 0 Å². The number of hydrogen-bond acceptors (Lipinski definition) is 4. The number of nitrogens with one attached hydrogen (secondary N) is 1. The third kappa shape index (κ3) is 2.97. The first-order chi connectivity index (χ1) is 11.5. The molecule has 3 rings (SSSR count). The van der Waals surface area contributed by atoms with Gasteiger partial charge in [-0.05, 0) is 38.1 Å². The van der Waals surface area contributed by atoms with Crippen LogP contribution in [0.15, 0.2) is 41.5 Å². The van der Waals surface area contributed by atoms with Gasteiger partial charge in [0.2, 0.25) is 0 Å². The fourth-order valence-corrected chi connectivity index (χ4v) is 2.54. The lowest BCUT2D eigenvalue weighted by Gasteiger charge is -2.15. The van der Waals surface area contributed by atoms with Gasteiger partial charge in [0.15, 0.2) is 5.82 Å². The van der Waals surface area contributed by atoms with Crippen LogP contribution in [0.2, 0.25) is 0 Å². The van der Waals surface area contributed by atoms with Crippen LogP contribution in [0.3, 0.4) is 0 Å². The van der Waals surface area contributed by atoms with Crippen molar-refractivity contribution < 1.29 is 8.78 Å². The van der Waals surface area contributed by atoms with Gasteiger partial charge in [0, 0.05) is 24.3 Å². The largest absolute Gasteiger partial charge is 0.361 e. The molecule has 0 aliphatic rings. The van der Waals surface area contributed by atoms with Crippen molar-refractivity contribution in [1.29, 1.82) is 0 Å². The molecule has 2 heterocycles. The zero-order valence-electron chi connectivity index (χ0n) is 13.3. The summed E-state index contributed by atoms with van der Waals surface area (Å²) >= 11 is 0. The van der Waals surface area contributed by atoms with Crippen molar-refractivity contribution >= 4 is 16.9 Å². The zero-order chi connectivity index (χ0) is 17.3. The Balaban J connectivity index is 2.02. The molecule has 0 saturated heterocycles. The second-order valence-corrected chi connectivity index (χ2v) is 5.68. The molecule has 124 valence electrons. The van der Waals surface area contributed by atoms with E-state index < -0.39 is 11.6 Å². The normalized spacial score (nSPS) is 11.2. The Morgan fingerprint density at radius 3 is 2.79 bits per heavy atom. The Morgan fingerprint density at radius 1 is 1.25 bits per heavy atom. The van der Waals surface area contributed by atoms with Crippen molar-refractivity contribution in [3.05, 3.63) is 64.2 Å². The SMILES string of the molecule is CC(C)n1c(=O)c(NCc2cc(F)ccc2F)nc2ccncc21. The quantitative estimate of drug-likeness (QED) is 0.798. The summed E-state index contributed by atoms with van der Waals surface area (Å²) in [6.07, 6.45) is 3.17. The predicted octanol–water partition coefficient (Wildman–Crippen LogP) is 3.26. The highest BCUT2D eigenvalue weighted by Crippen LogP contribution is 2.16. The summed E-state index contributed by atoms with van der Waals surface area (Å²) in [5.41, 5.74) is 1.02. The molecule has 2 aromatic heterocycles. The standard InChI is InChI=1S/C17H16F2N4O/c1-10(2)23-15-9-20-6-5-14(15)22-16(17(23)24)21-8-11-7-12(18)3-4-13(11)19/h3-7,9-10H,8H2,1-2H3,(H,21,22). The first-order valence-corrected chi connectivity index (χ1v) is 7.51. The topological polar surface area (TPSA) is 59.8 Å². The van der Waals surface area contributed by atoms with E-state index in [0.29, 0.717) is 11.0 Å². The fraction of sp³-hybridized carbons (Fsp3) is 0.235. The molecule has 0 aliphatic carbocycles. The Kier molecular flexibility index (Phi) is 4.24. The first-order valence-electron chi connectivity index (χ1n) is 7.51. The van der Waals surface area contributed by atoms with Gasteiger partial charge in [0.25, 0.3) is 5.56 Å². The molecule has 0 fully saturated rings. The maximum Gasteiger partial charge on any atom is 0.294 e. The molecular weight excluding hydrogens is 314 g/mol. The number of pyridine rings is 1. The van der Waals surface area contributed by atoms with E-state index in [9.17, 15) is 13.6 Å². The van der Waals surface area contributed by atoms with Crippen LogP contribution in [-0.2, 0) is 6.54 Å². The first kappa shape index (κ1) is 16.0. The number of rotatable bonds is 4. The number of aromatic nitrogens is 3. The number of fused-ring (bicyclic) bond motifs is 1. The van der Waals surface area contributed by atoms with Crippen LogP contribution in [0, 0.1) is 11.6 Å². The van der Waals surface area contributed by atoms with Crippen LogP contribution in [0.1, 0.15) is 25.5 Å². The molecule has 3 aromatic rings. The molecule has 0 atom stereocenters. The lowest BCUT2D eigenvalue weighted by molar-refractivity contribution is 0.586. The third-order valence-electron chi connectivity index (χ3n) is 3.66. The average Bonchev–Trinajstić information content (AvgIpc) is 2.55. The molecule has 1 N–H and O–H groups in total. The highest BCUT2D eigenvalue weighted by atomic mass is 19.1. The number of benzene rings is 1. The van der Waals surface area contributed by atoms with Crippen LogP contribution in [0.25, 0.3) is 11.0 Å². The maximum absolute atomic E-state index is 13.7. The zero-order valence-corrected chi connectivity index (χ0v) is 13.3. The van der Waals surface area contributed by atoms with Gasteiger partial charge in [-0.15, -0.1) is 0 Å². The van der Waals surface area contributed by atoms with E-state index in [-0.39, 0.29) is 29.5 Å². The minimum atomic E-state index is -0.543. The van der Waals surface area contributed by atoms with E-state index in [0.717, 1.165) is 18.2 Å². The average molecular weight is 330 g/mol. The van der Waals surface area contributed by atoms with Crippen LogP contribution >= 0.6 is 0 Å². The summed E-state index contributed by atoms with van der Waals surface area (Å²) in [6.45, 7) is 3.72. The van der Waals surface area contributed by atoms with Gasteiger partial charge in [-0.3, -0.25) is 14.3 Å². The minimum Gasteiger partial charge on any atom is -0.361 e. The monoisotopic (exact) mass is 330 g/mol. The van der Waals surface area contributed by atoms with Gasteiger partial charge >= 0.3 is 0 Å². The smallest absolute Gasteiger partial charge is 0.294 e. The molecule has 0 unspecified atom stereocenters. The third-order valence-corrected chi connectivity index (χ3v) is 3.66. The fourth-order valence-electron chi connectivity index (χ4n) is 2.54. The summed E-state index contributed by atoms with van der Waals surface area (Å²) in [7, 11) is 0. The van der Waals surface area contributed by atoms with Crippen LogP contribution in [-0.4, -0.2) is 14.5 Å². The Labute approximate surface area is 137 Å². The van der Waals surface area contributed by atoms with E-state index in [1.165, 1.54) is 0 Å². The highest BCUT2D eigenvalue weighted by molar-refractivity contribution is 5.75. The van der Waals surface area contributed by atoms with E-state index >= 15 is 0 Å². The van der Waals surface area contributed by atoms with E-state index in [4.69, 9.17) is 0 Å².